The highest BCUT2D eigenvalue weighted by atomic mass is 32.2. The number of hydrogen-bond donors (Lipinski definition) is 4. The van der Waals surface area contributed by atoms with E-state index in [1.807, 2.05) is 86.6 Å². The molecule has 10 aromatic rings. The highest BCUT2D eigenvalue weighted by Gasteiger charge is 2.18. The second-order valence-electron chi connectivity index (χ2n) is 18.2. The number of aryl methyl sites for hydroxylation is 2. The number of carbonyl (C=O) groups is 2. The van der Waals surface area contributed by atoms with E-state index in [4.69, 9.17) is 21.9 Å². The number of nitrogens with two attached hydrogens (primary N) is 3. The first-order chi connectivity index (χ1) is 36.3. The van der Waals surface area contributed by atoms with Crippen LogP contribution in [0.5, 0.6) is 0 Å². The predicted octanol–water partition coefficient (Wildman–Crippen LogP) is 8.62. The molecule has 0 aliphatic rings. The van der Waals surface area contributed by atoms with Gasteiger partial charge in [-0.05, 0) is 143 Å². The van der Waals surface area contributed by atoms with E-state index in [-0.39, 0.29) is 23.1 Å². The van der Waals surface area contributed by atoms with Crippen LogP contribution in [0.2, 0.25) is 0 Å². The van der Waals surface area contributed by atoms with Gasteiger partial charge in [-0.25, -0.2) is 31.6 Å². The van der Waals surface area contributed by atoms with Crippen LogP contribution < -0.4 is 22.5 Å². The summed E-state index contributed by atoms with van der Waals surface area (Å²) in [4.78, 5) is 50.3. The van der Waals surface area contributed by atoms with E-state index in [9.17, 15) is 26.4 Å². The van der Waals surface area contributed by atoms with Gasteiger partial charge in [0.1, 0.15) is 11.6 Å². The quantitative estimate of drug-likeness (QED) is 0.0882. The Balaban J connectivity index is 0.000000186. The Morgan fingerprint density at radius 1 is 0.532 bits per heavy atom. The zero-order chi connectivity index (χ0) is 54.3. The summed E-state index contributed by atoms with van der Waals surface area (Å²) in [5, 5.41) is 8.36. The van der Waals surface area contributed by atoms with Crippen molar-refractivity contribution < 1.29 is 31.2 Å². The maximum atomic E-state index is 12.9. The second kappa shape index (κ2) is 23.8. The number of carbonyl (C=O) groups excluding carboxylic acids is 2. The van der Waals surface area contributed by atoms with Gasteiger partial charge >= 0.3 is 5.97 Å². The average molecular weight is 1070 g/mol. The molecule has 19 heteroatoms. The molecule has 10 rings (SSSR count). The third-order valence-electron chi connectivity index (χ3n) is 12.2. The molecule has 0 atom stereocenters. The van der Waals surface area contributed by atoms with E-state index < -0.39 is 25.6 Å². The van der Waals surface area contributed by atoms with Crippen molar-refractivity contribution in [2.75, 3.05) is 31.1 Å². The molecular formula is C58H58N10O7S2. The fourth-order valence-electron chi connectivity index (χ4n) is 8.52. The number of ether oxygens (including phenoxy) is 1. The van der Waals surface area contributed by atoms with Crippen molar-refractivity contribution in [2.45, 2.75) is 57.0 Å². The van der Waals surface area contributed by atoms with E-state index in [1.165, 1.54) is 25.8 Å². The number of pyridine rings is 6. The number of methoxy groups -OCH3 is 1. The number of anilines is 2. The minimum Gasteiger partial charge on any atom is -0.465 e. The monoisotopic (exact) mass is 1070 g/mol. The number of amides is 1. The van der Waals surface area contributed by atoms with E-state index in [2.05, 4.69) is 35.2 Å². The molecule has 0 radical (unpaired) electrons. The van der Waals surface area contributed by atoms with Crippen molar-refractivity contribution in [2.24, 2.45) is 5.73 Å². The number of hydrogen-bond acceptors (Lipinski definition) is 16. The molecular weight excluding hydrogens is 1010 g/mol. The molecule has 0 saturated carbocycles. The largest absolute Gasteiger partial charge is 0.465 e. The number of nitrogens with one attached hydrogen (secondary N) is 1. The minimum absolute atomic E-state index is 0. The van der Waals surface area contributed by atoms with Crippen LogP contribution in [0.1, 0.15) is 72.9 Å². The minimum atomic E-state index is -3.49. The van der Waals surface area contributed by atoms with Crippen LogP contribution in [0.15, 0.2) is 156 Å². The number of nitrogens with zero attached hydrogens (tertiary/aromatic N) is 6. The molecule has 7 N–H and O–H groups in total. The zero-order valence-electron chi connectivity index (χ0n) is 42.3. The van der Waals surface area contributed by atoms with Crippen LogP contribution >= 0.6 is 0 Å². The summed E-state index contributed by atoms with van der Waals surface area (Å²) >= 11 is 0. The summed E-state index contributed by atoms with van der Waals surface area (Å²) in [6.45, 7) is 4.72. The molecule has 0 bridgehead atoms. The first-order valence-electron chi connectivity index (χ1n) is 23.7. The Morgan fingerprint density at radius 2 is 0.974 bits per heavy atom. The van der Waals surface area contributed by atoms with Crippen molar-refractivity contribution in [1.82, 2.24) is 35.2 Å². The van der Waals surface area contributed by atoms with Gasteiger partial charge in [0.25, 0.3) is 5.91 Å². The molecule has 0 saturated heterocycles. The molecule has 6 aromatic heterocycles. The first-order valence-corrected chi connectivity index (χ1v) is 27.5. The Hall–Kier alpha value is -8.78. The van der Waals surface area contributed by atoms with Gasteiger partial charge in [-0.1, -0.05) is 31.7 Å². The molecule has 0 unspecified atom stereocenters. The Morgan fingerprint density at radius 3 is 1.45 bits per heavy atom. The van der Waals surface area contributed by atoms with Gasteiger partial charge in [0, 0.05) is 114 Å². The summed E-state index contributed by atoms with van der Waals surface area (Å²) in [6.07, 6.45) is 12.9. The fourth-order valence-corrected chi connectivity index (χ4v) is 10.3. The van der Waals surface area contributed by atoms with E-state index in [1.54, 1.807) is 67.4 Å². The normalized spacial score (nSPS) is 11.2. The maximum absolute atomic E-state index is 12.9. The Bertz CT molecular complexity index is 4100. The highest BCUT2D eigenvalue weighted by Crippen LogP contribution is 2.28. The molecule has 6 heterocycles. The van der Waals surface area contributed by atoms with Gasteiger partial charge in [-0.2, -0.15) is 0 Å². The Kier molecular flexibility index (Phi) is 17.3. The first kappa shape index (κ1) is 56.0. The molecule has 4 aromatic carbocycles. The van der Waals surface area contributed by atoms with Crippen LogP contribution in [0.4, 0.5) is 11.6 Å². The van der Waals surface area contributed by atoms with Gasteiger partial charge in [0.05, 0.1) is 33.5 Å². The van der Waals surface area contributed by atoms with Gasteiger partial charge in [0.15, 0.2) is 19.7 Å². The molecule has 17 nitrogen and oxygen atoms in total. The molecule has 77 heavy (non-hydrogen) atoms. The van der Waals surface area contributed by atoms with Crippen molar-refractivity contribution in [3.05, 3.63) is 202 Å². The smallest absolute Gasteiger partial charge is 0.337 e. The number of aromatic nitrogens is 6. The Labute approximate surface area is 446 Å². The summed E-state index contributed by atoms with van der Waals surface area (Å²) in [7, 11) is -5.61. The lowest BCUT2D eigenvalue weighted by molar-refractivity contribution is 0.0600. The number of nitrogen functional groups attached to an aromatic ring is 2. The summed E-state index contributed by atoms with van der Waals surface area (Å²) < 4.78 is 54.0. The summed E-state index contributed by atoms with van der Waals surface area (Å²) in [5.74, 6) is 0.372. The van der Waals surface area contributed by atoms with Gasteiger partial charge in [-0.15, -0.1) is 0 Å². The third-order valence-corrected chi connectivity index (χ3v) is 14.4. The SMILES string of the molecule is C.COC(=O)c1ccnc(Cc2cc(S(C)(=O)=O)c3ncc(C)cc3c2)c1.Cc1cnc2c(S(C)(=O)=O)cc(Cc3cc(C(=O)NCc4ccc5c(N)nccc5c4)ccn3)cc2c1.NCc1ccc2c(N)nccc2c1. The maximum Gasteiger partial charge on any atom is 0.337 e. The van der Waals surface area contributed by atoms with E-state index in [0.29, 0.717) is 71.1 Å². The van der Waals surface area contributed by atoms with Crippen LogP contribution in [-0.4, -0.2) is 78.2 Å². The second-order valence-corrected chi connectivity index (χ2v) is 22.2. The number of fused-ring (bicyclic) bond motifs is 4. The van der Waals surface area contributed by atoms with Crippen molar-refractivity contribution in [1.29, 1.82) is 0 Å². The topological polar surface area (TPSA) is 279 Å². The van der Waals surface area contributed by atoms with Gasteiger partial charge in [0.2, 0.25) is 0 Å². The van der Waals surface area contributed by atoms with Crippen LogP contribution in [-0.2, 0) is 50.3 Å². The van der Waals surface area contributed by atoms with Crippen LogP contribution in [0, 0.1) is 13.8 Å². The van der Waals surface area contributed by atoms with Crippen LogP contribution in [0.3, 0.4) is 0 Å². The number of esters is 1. The number of rotatable bonds is 11. The zero-order valence-corrected chi connectivity index (χ0v) is 43.9. The van der Waals surface area contributed by atoms with Gasteiger partial charge < -0.3 is 27.3 Å². The molecule has 1 amide bonds. The average Bonchev–Trinajstić information content (AvgIpc) is 3.44. The lowest BCUT2D eigenvalue weighted by Crippen LogP contribution is -2.23. The highest BCUT2D eigenvalue weighted by molar-refractivity contribution is 7.91. The van der Waals surface area contributed by atoms with Crippen molar-refractivity contribution in [3.8, 4) is 0 Å². The summed E-state index contributed by atoms with van der Waals surface area (Å²) in [6, 6.07) is 33.0. The molecule has 0 aliphatic heterocycles. The molecule has 0 aliphatic carbocycles. The lowest BCUT2D eigenvalue weighted by Gasteiger charge is -2.10. The van der Waals surface area contributed by atoms with Crippen molar-refractivity contribution in [3.63, 3.8) is 0 Å². The van der Waals surface area contributed by atoms with Crippen molar-refractivity contribution >= 4 is 86.5 Å². The summed E-state index contributed by atoms with van der Waals surface area (Å²) in [5.41, 5.74) is 25.7. The van der Waals surface area contributed by atoms with E-state index in [0.717, 1.165) is 65.7 Å². The lowest BCUT2D eigenvalue weighted by atomic mass is 10.0. The fraction of sp³-hybridized carbons (Fsp3) is 0.172. The number of benzene rings is 4. The number of sulfone groups is 2. The molecule has 394 valence electrons. The standard InChI is InChI=1S/C28H25N5O3S.C19H18N2O4S.C10H11N3.CH4/c1-17-9-22-11-19(13-25(37(2,35)36)26(22)32-15-17)12-23-14-21(6-7-30-23)28(34)33-16-18-3-4-24-20(10-18)5-8-31-27(24)29;1-12-6-15-7-13(9-17(26(3,23)24)18(15)21-11-12)8-16-10-14(4-5-20-16)19(22)25-2;11-6-7-1-2-9-8(5-7)3-4-13-10(9)12;/h3-11,13-15H,12,16H2,1-2H3,(H2,29,31)(H,33,34);4-7,9-11H,8H2,1-3H3;1-5H,6,11H2,(H2,12,13);1H4. The molecule has 0 spiro atoms. The van der Waals surface area contributed by atoms with E-state index >= 15 is 0 Å². The van der Waals surface area contributed by atoms with Gasteiger partial charge in [-0.3, -0.25) is 24.7 Å². The molecule has 0 fully saturated rings. The predicted molar refractivity (Wildman–Crippen MR) is 303 cm³/mol. The third kappa shape index (κ3) is 13.7. The van der Waals surface area contributed by atoms with Crippen LogP contribution in [0.25, 0.3) is 43.4 Å².